The lowest BCUT2D eigenvalue weighted by molar-refractivity contribution is -0.161. The number of phosphoric acid groups is 2. The van der Waals surface area contributed by atoms with Gasteiger partial charge < -0.3 is 34.2 Å². The van der Waals surface area contributed by atoms with Gasteiger partial charge in [-0.25, -0.2) is 9.13 Å². The third-order valence-electron chi connectivity index (χ3n) is 18.8. The second-order valence-electron chi connectivity index (χ2n) is 30.0. The lowest BCUT2D eigenvalue weighted by atomic mass is 10.0. The van der Waals surface area contributed by atoms with E-state index in [4.69, 9.17) is 32.3 Å². The minimum Gasteiger partial charge on any atom is -0.463 e. The summed E-state index contributed by atoms with van der Waals surface area (Å²) in [4.78, 5) is 59.0. The van der Waals surface area contributed by atoms with Gasteiger partial charge in [0.05, 0.1) is 26.4 Å². The van der Waals surface area contributed by atoms with E-state index in [-0.39, 0.29) is 19.3 Å². The molecule has 0 saturated heterocycles. The topological polar surface area (TPSA) is 231 Å². The molecule has 666 valence electrons. The molecule has 5 atom stereocenters. The van der Waals surface area contributed by atoms with E-state index in [1.165, 1.54) is 96.3 Å². The number of ether oxygens (including phenoxy) is 3. The van der Waals surface area contributed by atoms with Crippen LogP contribution in [0.3, 0.4) is 0 Å². The van der Waals surface area contributed by atoms with Crippen LogP contribution in [0.5, 0.6) is 0 Å². The number of phosphoric ester groups is 2. The lowest BCUT2D eigenvalue weighted by Gasteiger charge is -2.21. The fraction of sp³-hybridized carbons (Fsp3) is 0.646. The van der Waals surface area contributed by atoms with E-state index in [9.17, 15) is 43.5 Å². The molecule has 5 unspecified atom stereocenters. The maximum atomic E-state index is 13.1. The Hall–Kier alpha value is -5.61. The molecule has 0 aliphatic heterocycles. The van der Waals surface area contributed by atoms with Crippen molar-refractivity contribution in [1.29, 1.82) is 0 Å². The van der Waals surface area contributed by atoms with Crippen molar-refractivity contribution >= 4 is 33.6 Å². The second kappa shape index (κ2) is 89.6. The number of rotatable bonds is 85. The van der Waals surface area contributed by atoms with E-state index in [1.807, 2.05) is 0 Å². The molecule has 0 heterocycles. The number of hydrogen-bond donors (Lipinski definition) is 4. The molecule has 0 aromatic rings. The molecule has 0 rings (SSSR count). The predicted molar refractivity (Wildman–Crippen MR) is 491 cm³/mol. The van der Waals surface area contributed by atoms with Crippen molar-refractivity contribution in [2.24, 2.45) is 0 Å². The number of allylic oxidation sites excluding steroid dienone is 32. The average molecular weight is 1670 g/mol. The molecule has 0 spiro atoms. The van der Waals surface area contributed by atoms with Crippen LogP contribution in [0.2, 0.25) is 0 Å². The van der Waals surface area contributed by atoms with Crippen molar-refractivity contribution < 1.29 is 75.8 Å². The number of carbonyl (C=O) groups is 3. The summed E-state index contributed by atoms with van der Waals surface area (Å²) in [6.45, 7) is 2.34. The Bertz CT molecular complexity index is 2910. The van der Waals surface area contributed by atoms with Crippen LogP contribution in [-0.4, -0.2) is 95.9 Å². The number of aliphatic hydroxyl groups is 2. The van der Waals surface area contributed by atoms with Gasteiger partial charge in [-0.3, -0.25) is 32.5 Å². The smallest absolute Gasteiger partial charge is 0.463 e. The molecule has 0 aromatic carbocycles. The van der Waals surface area contributed by atoms with Crippen LogP contribution in [0.4, 0.5) is 0 Å². The first kappa shape index (κ1) is 111. The van der Waals surface area contributed by atoms with E-state index < -0.39 is 91.5 Å². The lowest BCUT2D eigenvalue weighted by Crippen LogP contribution is -2.30. The van der Waals surface area contributed by atoms with Crippen molar-refractivity contribution in [3.8, 4) is 0 Å². The molecule has 0 aliphatic rings. The van der Waals surface area contributed by atoms with Crippen molar-refractivity contribution in [2.75, 3.05) is 39.6 Å². The summed E-state index contributed by atoms with van der Waals surface area (Å²) in [5.41, 5.74) is 0. The van der Waals surface area contributed by atoms with Crippen LogP contribution >= 0.6 is 15.6 Å². The first-order valence-corrected chi connectivity index (χ1v) is 48.7. The maximum Gasteiger partial charge on any atom is 0.472 e. The standard InChI is InChI=1S/C99H164O16P2/c1-4-7-10-13-16-19-22-25-28-31-34-37-40-43-44-45-46-47-48-51-53-55-58-61-64-67-70-73-76-79-82-85-97(102)109-88-94(100)89-111-116(105,106)112-90-95(101)91-113-117(107,108)114-93-96(115-99(104)87-84-81-78-75-72-69-66-63-60-57-54-50-42-39-36-33-30-27-24-21-18-15-12-9-6-3)92-110-98(103)86-83-80-77-74-71-68-65-62-59-56-52-49-41-38-35-32-29-26-23-20-17-14-11-8-5-2/h7-12,16-21,25-30,34-39,43-44,49-50,52,54,59,62,94-96,100-101H,4-6,13-15,22-24,31-33,40-42,45-48,51,53,55-58,60-61,63-93H2,1-3H3,(H,105,106)(H,107,108)/b10-7-,11-8-,12-9-,19-16-,20-17-,21-18-,28-25-,29-26-,30-27-,37-34-,38-35-,39-36-,44-43-,52-49-,54-50-,62-59-. The first-order valence-electron chi connectivity index (χ1n) is 45.7. The molecule has 117 heavy (non-hydrogen) atoms. The summed E-state index contributed by atoms with van der Waals surface area (Å²) in [5, 5.41) is 20.7. The van der Waals surface area contributed by atoms with Gasteiger partial charge in [0.15, 0.2) is 6.10 Å². The minimum atomic E-state index is -4.95. The van der Waals surface area contributed by atoms with Crippen LogP contribution in [0.25, 0.3) is 0 Å². The molecule has 16 nitrogen and oxygen atoms in total. The highest BCUT2D eigenvalue weighted by molar-refractivity contribution is 7.47. The highest BCUT2D eigenvalue weighted by Crippen LogP contribution is 2.45. The monoisotopic (exact) mass is 1670 g/mol. The largest absolute Gasteiger partial charge is 0.472 e. The normalized spacial score (nSPS) is 14.7. The number of esters is 3. The molecule has 0 amide bonds. The molecule has 0 saturated carbocycles. The maximum absolute atomic E-state index is 13.1. The van der Waals surface area contributed by atoms with Crippen LogP contribution in [-0.2, 0) is 55.8 Å². The van der Waals surface area contributed by atoms with E-state index in [0.29, 0.717) is 19.3 Å². The molecular weight excluding hydrogens is 1510 g/mol. The third kappa shape index (κ3) is 91.0. The highest BCUT2D eigenvalue weighted by Gasteiger charge is 2.29. The van der Waals surface area contributed by atoms with E-state index >= 15 is 0 Å². The Morgan fingerprint density at radius 3 is 0.675 bits per heavy atom. The number of unbranched alkanes of at least 4 members (excludes halogenated alkanes) is 30. The molecule has 18 heteroatoms. The zero-order chi connectivity index (χ0) is 85.1. The average Bonchev–Trinajstić information content (AvgIpc) is 1.04. The van der Waals surface area contributed by atoms with Gasteiger partial charge in [-0.2, -0.15) is 0 Å². The molecule has 0 aromatic heterocycles. The quantitative estimate of drug-likeness (QED) is 0.0146. The molecule has 4 N–H and O–H groups in total. The Morgan fingerprint density at radius 1 is 0.239 bits per heavy atom. The van der Waals surface area contributed by atoms with E-state index in [0.717, 1.165) is 199 Å². The summed E-state index contributed by atoms with van der Waals surface area (Å²) in [6.07, 6.45) is 119. The zero-order valence-corrected chi connectivity index (χ0v) is 75.1. The van der Waals surface area contributed by atoms with Gasteiger partial charge in [-0.15, -0.1) is 0 Å². The van der Waals surface area contributed by atoms with Crippen molar-refractivity contribution in [2.45, 2.75) is 373 Å². The van der Waals surface area contributed by atoms with Crippen molar-refractivity contribution in [3.63, 3.8) is 0 Å². The molecule has 0 radical (unpaired) electrons. The van der Waals surface area contributed by atoms with E-state index in [2.05, 4.69) is 215 Å². The Morgan fingerprint density at radius 2 is 0.427 bits per heavy atom. The van der Waals surface area contributed by atoms with Crippen LogP contribution in [0, 0.1) is 0 Å². The van der Waals surface area contributed by atoms with E-state index in [1.54, 1.807) is 0 Å². The van der Waals surface area contributed by atoms with Gasteiger partial charge >= 0.3 is 33.6 Å². The minimum absolute atomic E-state index is 0.0863. The third-order valence-corrected chi connectivity index (χ3v) is 20.7. The molecule has 0 aliphatic carbocycles. The Balaban J connectivity index is 4.65. The number of aliphatic hydroxyl groups excluding tert-OH is 2. The second-order valence-corrected chi connectivity index (χ2v) is 32.9. The Kier molecular flexibility index (Phi) is 85.3. The van der Waals surface area contributed by atoms with Crippen LogP contribution in [0.15, 0.2) is 194 Å². The fourth-order valence-corrected chi connectivity index (χ4v) is 13.6. The molecular formula is C99H164O16P2. The molecule has 0 bridgehead atoms. The SMILES string of the molecule is CC/C=C\C/C=C\C/C=C\C/C=C\C/C=C\C/C=C\CCCCCCCCC(=O)OCC(COP(=O)(O)OCC(O)COP(=O)(O)OCC(O)COC(=O)CCCCCCCCCCCCCCCCC/C=C\C/C=C\C/C=C\C/C=C\C/C=C\CC)OC(=O)CCCCCCCCCCC/C=C\C/C=C\C/C=C\C/C=C\C/C=C\CC. The molecule has 0 fully saturated rings. The Labute approximate surface area is 712 Å². The van der Waals surface area contributed by atoms with Crippen LogP contribution < -0.4 is 0 Å². The summed E-state index contributed by atoms with van der Waals surface area (Å²) in [6, 6.07) is 0. The zero-order valence-electron chi connectivity index (χ0n) is 73.3. The van der Waals surface area contributed by atoms with Gasteiger partial charge in [0.25, 0.3) is 0 Å². The van der Waals surface area contributed by atoms with Crippen molar-refractivity contribution in [3.05, 3.63) is 194 Å². The van der Waals surface area contributed by atoms with Gasteiger partial charge in [0.2, 0.25) is 0 Å². The van der Waals surface area contributed by atoms with Gasteiger partial charge in [-0.05, 0) is 161 Å². The predicted octanol–water partition coefficient (Wildman–Crippen LogP) is 28.2. The summed E-state index contributed by atoms with van der Waals surface area (Å²) in [7, 11) is -9.82. The van der Waals surface area contributed by atoms with Gasteiger partial charge in [0, 0.05) is 19.3 Å². The van der Waals surface area contributed by atoms with Crippen LogP contribution in [0.1, 0.15) is 355 Å². The van der Waals surface area contributed by atoms with Gasteiger partial charge in [-0.1, -0.05) is 369 Å². The summed E-state index contributed by atoms with van der Waals surface area (Å²) >= 11 is 0. The summed E-state index contributed by atoms with van der Waals surface area (Å²) in [5.74, 6) is -1.60. The summed E-state index contributed by atoms with van der Waals surface area (Å²) < 4.78 is 61.5. The fourth-order valence-electron chi connectivity index (χ4n) is 12.0. The van der Waals surface area contributed by atoms with Gasteiger partial charge in [0.1, 0.15) is 25.4 Å². The first-order chi connectivity index (χ1) is 57.2. The van der Waals surface area contributed by atoms with Crippen molar-refractivity contribution in [1.82, 2.24) is 0 Å². The highest BCUT2D eigenvalue weighted by atomic mass is 31.2. The number of hydrogen-bond acceptors (Lipinski definition) is 14. The number of carbonyl (C=O) groups excluding carboxylic acids is 3.